The van der Waals surface area contributed by atoms with Crippen molar-refractivity contribution in [2.24, 2.45) is 0 Å². The highest BCUT2D eigenvalue weighted by Gasteiger charge is 2.16. The normalized spacial score (nSPS) is 10.2. The number of phenols is 1. The van der Waals surface area contributed by atoms with Crippen molar-refractivity contribution in [3.05, 3.63) is 47.3 Å². The highest BCUT2D eigenvalue weighted by molar-refractivity contribution is 6.07. The van der Waals surface area contributed by atoms with Gasteiger partial charge in [0.05, 0.1) is 5.69 Å². The smallest absolute Gasteiger partial charge is 0.354 e. The van der Waals surface area contributed by atoms with Crippen molar-refractivity contribution in [2.45, 2.75) is 6.92 Å². The standard InChI is InChI=1S/C13H12N2O4/c1-7-5-10(11(14-7)13(18)19)15-12(17)8-3-2-4-9(16)6-8/h2-6,14,16H,1H3,(H,15,17)(H,18,19). The number of aryl methyl sites for hydroxylation is 1. The van der Waals surface area contributed by atoms with Crippen molar-refractivity contribution in [3.8, 4) is 5.75 Å². The number of hydrogen-bond donors (Lipinski definition) is 4. The topological polar surface area (TPSA) is 102 Å². The maximum Gasteiger partial charge on any atom is 0.354 e. The molecule has 0 radical (unpaired) electrons. The molecule has 0 aliphatic heterocycles. The Balaban J connectivity index is 2.26. The number of phenolic OH excluding ortho intramolecular Hbond substituents is 1. The van der Waals surface area contributed by atoms with Crippen LogP contribution in [0.1, 0.15) is 26.5 Å². The van der Waals surface area contributed by atoms with Gasteiger partial charge in [0.15, 0.2) is 0 Å². The van der Waals surface area contributed by atoms with E-state index in [4.69, 9.17) is 5.11 Å². The fourth-order valence-electron chi connectivity index (χ4n) is 1.70. The lowest BCUT2D eigenvalue weighted by Crippen LogP contribution is -2.13. The average molecular weight is 260 g/mol. The molecule has 2 rings (SSSR count). The van der Waals surface area contributed by atoms with Crippen LogP contribution in [0.2, 0.25) is 0 Å². The predicted octanol–water partition coefficient (Wildman–Crippen LogP) is 1.98. The second-order valence-corrected chi connectivity index (χ2v) is 4.05. The molecular weight excluding hydrogens is 248 g/mol. The Kier molecular flexibility index (Phi) is 3.24. The SMILES string of the molecule is Cc1cc(NC(=O)c2cccc(O)c2)c(C(=O)O)[nH]1. The molecule has 2 aromatic rings. The van der Waals surface area contributed by atoms with E-state index in [-0.39, 0.29) is 22.7 Å². The Morgan fingerprint density at radius 2 is 2.00 bits per heavy atom. The Labute approximate surface area is 108 Å². The molecule has 1 aromatic carbocycles. The molecule has 0 aliphatic carbocycles. The minimum atomic E-state index is -1.15. The zero-order valence-electron chi connectivity index (χ0n) is 10.1. The largest absolute Gasteiger partial charge is 0.508 e. The molecule has 19 heavy (non-hydrogen) atoms. The Hall–Kier alpha value is -2.76. The van der Waals surface area contributed by atoms with E-state index in [1.54, 1.807) is 6.92 Å². The molecule has 1 amide bonds. The molecule has 0 aliphatic rings. The highest BCUT2D eigenvalue weighted by atomic mass is 16.4. The van der Waals surface area contributed by atoms with Crippen LogP contribution in [0.25, 0.3) is 0 Å². The molecule has 6 nitrogen and oxygen atoms in total. The van der Waals surface area contributed by atoms with E-state index in [1.165, 1.54) is 30.3 Å². The molecule has 1 aromatic heterocycles. The number of nitrogens with one attached hydrogen (secondary N) is 2. The van der Waals surface area contributed by atoms with Crippen molar-refractivity contribution in [1.29, 1.82) is 0 Å². The van der Waals surface area contributed by atoms with Gasteiger partial charge >= 0.3 is 5.97 Å². The van der Waals surface area contributed by atoms with Crippen molar-refractivity contribution < 1.29 is 19.8 Å². The monoisotopic (exact) mass is 260 g/mol. The van der Waals surface area contributed by atoms with Gasteiger partial charge in [-0.05, 0) is 31.2 Å². The van der Waals surface area contributed by atoms with Crippen LogP contribution in [0.5, 0.6) is 5.75 Å². The molecule has 0 bridgehead atoms. The molecule has 1 heterocycles. The van der Waals surface area contributed by atoms with Crippen LogP contribution >= 0.6 is 0 Å². The third-order valence-electron chi connectivity index (χ3n) is 2.52. The van der Waals surface area contributed by atoms with Gasteiger partial charge in [0, 0.05) is 11.3 Å². The fraction of sp³-hybridized carbons (Fsp3) is 0.0769. The number of carbonyl (C=O) groups excluding carboxylic acids is 1. The molecule has 0 unspecified atom stereocenters. The number of H-pyrrole nitrogens is 1. The van der Waals surface area contributed by atoms with Gasteiger partial charge in [0.1, 0.15) is 11.4 Å². The summed E-state index contributed by atoms with van der Waals surface area (Å²) in [6, 6.07) is 7.33. The third-order valence-corrected chi connectivity index (χ3v) is 2.52. The second-order valence-electron chi connectivity index (χ2n) is 4.05. The van der Waals surface area contributed by atoms with E-state index >= 15 is 0 Å². The summed E-state index contributed by atoms with van der Waals surface area (Å²) < 4.78 is 0. The van der Waals surface area contributed by atoms with E-state index in [2.05, 4.69) is 10.3 Å². The summed E-state index contributed by atoms with van der Waals surface area (Å²) in [5.74, 6) is -1.67. The van der Waals surface area contributed by atoms with Gasteiger partial charge in [-0.1, -0.05) is 6.07 Å². The van der Waals surface area contributed by atoms with Crippen LogP contribution in [-0.4, -0.2) is 27.1 Å². The minimum Gasteiger partial charge on any atom is -0.508 e. The number of hydrogen-bond acceptors (Lipinski definition) is 3. The quantitative estimate of drug-likeness (QED) is 0.677. The zero-order valence-corrected chi connectivity index (χ0v) is 10.1. The van der Waals surface area contributed by atoms with Crippen LogP contribution in [0.3, 0.4) is 0 Å². The number of aromatic amines is 1. The van der Waals surface area contributed by atoms with Crippen LogP contribution in [0, 0.1) is 6.92 Å². The third kappa shape index (κ3) is 2.74. The number of aromatic nitrogens is 1. The number of carboxylic acids is 1. The molecule has 6 heteroatoms. The van der Waals surface area contributed by atoms with Crippen molar-refractivity contribution in [3.63, 3.8) is 0 Å². The summed E-state index contributed by atoms with van der Waals surface area (Å²) in [6.45, 7) is 1.69. The number of carbonyl (C=O) groups is 2. The predicted molar refractivity (Wildman–Crippen MR) is 68.5 cm³/mol. The van der Waals surface area contributed by atoms with Crippen LogP contribution in [0.4, 0.5) is 5.69 Å². The highest BCUT2D eigenvalue weighted by Crippen LogP contribution is 2.19. The van der Waals surface area contributed by atoms with Crippen molar-refractivity contribution in [2.75, 3.05) is 5.32 Å². The summed E-state index contributed by atoms with van der Waals surface area (Å²) in [5.41, 5.74) is 0.989. The first-order valence-corrected chi connectivity index (χ1v) is 5.50. The lowest BCUT2D eigenvalue weighted by atomic mass is 10.2. The van der Waals surface area contributed by atoms with E-state index < -0.39 is 11.9 Å². The first-order chi connectivity index (χ1) is 8.97. The Bertz CT molecular complexity index is 646. The lowest BCUT2D eigenvalue weighted by molar-refractivity contribution is 0.0692. The number of aromatic carboxylic acids is 1. The minimum absolute atomic E-state index is 0.0312. The number of rotatable bonds is 3. The molecule has 0 saturated carbocycles. The molecule has 0 atom stereocenters. The summed E-state index contributed by atoms with van der Waals surface area (Å²) >= 11 is 0. The number of aromatic hydroxyl groups is 1. The van der Waals surface area contributed by atoms with Gasteiger partial charge in [0.2, 0.25) is 0 Å². The molecule has 98 valence electrons. The van der Waals surface area contributed by atoms with Gasteiger partial charge in [-0.15, -0.1) is 0 Å². The molecule has 4 N–H and O–H groups in total. The molecule has 0 fully saturated rings. The lowest BCUT2D eigenvalue weighted by Gasteiger charge is -2.04. The first kappa shape index (κ1) is 12.7. The van der Waals surface area contributed by atoms with E-state index in [0.717, 1.165) is 0 Å². The van der Waals surface area contributed by atoms with Crippen molar-refractivity contribution in [1.82, 2.24) is 4.98 Å². The Morgan fingerprint density at radius 1 is 1.26 bits per heavy atom. The first-order valence-electron chi connectivity index (χ1n) is 5.50. The maximum absolute atomic E-state index is 11.9. The van der Waals surface area contributed by atoms with Gasteiger partial charge in [-0.3, -0.25) is 4.79 Å². The summed E-state index contributed by atoms with van der Waals surface area (Å²) in [4.78, 5) is 25.6. The maximum atomic E-state index is 11.9. The number of carboxylic acid groups (broad SMARTS) is 1. The number of benzene rings is 1. The fourth-order valence-corrected chi connectivity index (χ4v) is 1.70. The van der Waals surface area contributed by atoms with Gasteiger partial charge in [-0.25, -0.2) is 4.79 Å². The number of amides is 1. The van der Waals surface area contributed by atoms with E-state index in [1.807, 2.05) is 0 Å². The molecule has 0 spiro atoms. The van der Waals surface area contributed by atoms with Gasteiger partial charge in [-0.2, -0.15) is 0 Å². The van der Waals surface area contributed by atoms with E-state index in [0.29, 0.717) is 5.69 Å². The average Bonchev–Trinajstić information content (AvgIpc) is 2.70. The summed E-state index contributed by atoms with van der Waals surface area (Å²) in [7, 11) is 0. The number of anilines is 1. The van der Waals surface area contributed by atoms with Crippen LogP contribution < -0.4 is 5.32 Å². The van der Waals surface area contributed by atoms with Gasteiger partial charge < -0.3 is 20.5 Å². The Morgan fingerprint density at radius 3 is 2.63 bits per heavy atom. The van der Waals surface area contributed by atoms with Crippen LogP contribution in [-0.2, 0) is 0 Å². The summed E-state index contributed by atoms with van der Waals surface area (Å²) in [6.07, 6.45) is 0. The summed E-state index contributed by atoms with van der Waals surface area (Å²) in [5, 5.41) is 20.8. The molecule has 0 saturated heterocycles. The van der Waals surface area contributed by atoms with E-state index in [9.17, 15) is 14.7 Å². The van der Waals surface area contributed by atoms with Crippen molar-refractivity contribution >= 4 is 17.6 Å². The zero-order chi connectivity index (χ0) is 14.0. The van der Waals surface area contributed by atoms with Gasteiger partial charge in [0.25, 0.3) is 5.91 Å². The molecular formula is C13H12N2O4. The van der Waals surface area contributed by atoms with Crippen LogP contribution in [0.15, 0.2) is 30.3 Å². The second kappa shape index (κ2) is 4.85.